The minimum Gasteiger partial charge on any atom is -0.469 e. The van der Waals surface area contributed by atoms with Crippen LogP contribution in [0.3, 0.4) is 0 Å². The van der Waals surface area contributed by atoms with Crippen molar-refractivity contribution < 1.29 is 19.1 Å². The number of anilines is 1. The number of hydrogen-bond acceptors (Lipinski definition) is 9. The Balaban J connectivity index is 1.49. The molecule has 2 aliphatic heterocycles. The number of nitrogens with zero attached hydrogens (tertiary/aromatic N) is 3. The average molecular weight is 432 g/mol. The summed E-state index contributed by atoms with van der Waals surface area (Å²) < 4.78 is 10.9. The second-order valence-corrected chi connectivity index (χ2v) is 8.72. The Bertz CT molecular complexity index is 937. The maximum Gasteiger partial charge on any atom is 0.307 e. The van der Waals surface area contributed by atoms with Gasteiger partial charge in [0.1, 0.15) is 5.82 Å². The first-order chi connectivity index (χ1) is 14.4. The molecule has 0 aliphatic carbocycles. The van der Waals surface area contributed by atoms with Gasteiger partial charge in [-0.25, -0.2) is 9.97 Å². The van der Waals surface area contributed by atoms with Crippen LogP contribution in [0.4, 0.5) is 5.82 Å². The quantitative estimate of drug-likeness (QED) is 0.687. The van der Waals surface area contributed by atoms with Gasteiger partial charge in [-0.1, -0.05) is 0 Å². The van der Waals surface area contributed by atoms with E-state index in [0.717, 1.165) is 17.0 Å². The maximum absolute atomic E-state index is 12.6. The number of carbonyl (C=O) groups is 2. The van der Waals surface area contributed by atoms with Gasteiger partial charge in [0.05, 0.1) is 54.7 Å². The van der Waals surface area contributed by atoms with Gasteiger partial charge >= 0.3 is 5.97 Å². The van der Waals surface area contributed by atoms with Crippen molar-refractivity contribution in [1.82, 2.24) is 14.9 Å². The van der Waals surface area contributed by atoms with Crippen LogP contribution in [0.5, 0.6) is 0 Å². The molecule has 1 saturated heterocycles. The smallest absolute Gasteiger partial charge is 0.307 e. The molecular formula is C20H25N5O4S. The van der Waals surface area contributed by atoms with Crippen molar-refractivity contribution in [3.8, 4) is 10.6 Å². The number of aromatic nitrogens is 2. The van der Waals surface area contributed by atoms with Crippen LogP contribution >= 0.6 is 11.3 Å². The topological polar surface area (TPSA) is 134 Å². The number of rotatable bonds is 4. The van der Waals surface area contributed by atoms with E-state index in [1.54, 1.807) is 28.6 Å². The fourth-order valence-electron chi connectivity index (χ4n) is 4.10. The van der Waals surface area contributed by atoms with Crippen LogP contribution in [0.25, 0.3) is 10.6 Å². The lowest BCUT2D eigenvalue weighted by Crippen LogP contribution is -2.52. The van der Waals surface area contributed by atoms with Gasteiger partial charge in [-0.15, -0.1) is 11.3 Å². The summed E-state index contributed by atoms with van der Waals surface area (Å²) in [6.07, 6.45) is 5.34. The highest BCUT2D eigenvalue weighted by Gasteiger charge is 2.43. The summed E-state index contributed by atoms with van der Waals surface area (Å²) in [6, 6.07) is 1.26. The van der Waals surface area contributed by atoms with E-state index in [9.17, 15) is 9.59 Å². The number of amides is 1. The number of fused-ring (bicyclic) bond motifs is 2. The van der Waals surface area contributed by atoms with Crippen LogP contribution in [-0.2, 0) is 31.1 Å². The van der Waals surface area contributed by atoms with Crippen molar-refractivity contribution in [2.45, 2.75) is 37.3 Å². The Morgan fingerprint density at radius 3 is 2.77 bits per heavy atom. The van der Waals surface area contributed by atoms with Gasteiger partial charge < -0.3 is 25.8 Å². The first kappa shape index (κ1) is 20.7. The predicted molar refractivity (Wildman–Crippen MR) is 112 cm³/mol. The zero-order valence-electron chi connectivity index (χ0n) is 16.8. The summed E-state index contributed by atoms with van der Waals surface area (Å²) >= 11 is 1.71. The van der Waals surface area contributed by atoms with Crippen molar-refractivity contribution in [3.05, 3.63) is 28.9 Å². The third kappa shape index (κ3) is 3.90. The molecule has 1 fully saturated rings. The van der Waals surface area contributed by atoms with Gasteiger partial charge in [-0.05, 0) is 24.5 Å². The number of carbonyl (C=O) groups excluding carboxylic acids is 2. The molecule has 4 rings (SSSR count). The number of nitrogens with two attached hydrogens (primary N) is 2. The molecule has 0 saturated carbocycles. The normalized spacial score (nSPS) is 18.7. The Morgan fingerprint density at radius 1 is 1.33 bits per heavy atom. The first-order valence-electron chi connectivity index (χ1n) is 9.88. The van der Waals surface area contributed by atoms with E-state index in [-0.39, 0.29) is 12.3 Å². The lowest BCUT2D eigenvalue weighted by Gasteiger charge is -2.44. The molecule has 0 aromatic carbocycles. The molecular weight excluding hydrogens is 406 g/mol. The molecule has 2 aliphatic rings. The SMILES string of the molecule is COC(=O)C[C@H](N)C(=O)N1CCC2(CC1)OCCc1sc(-c3cnc(N)cn3)cc12. The Labute approximate surface area is 178 Å². The van der Waals surface area contributed by atoms with E-state index in [0.29, 0.717) is 38.4 Å². The minimum absolute atomic E-state index is 0.117. The van der Waals surface area contributed by atoms with Crippen LogP contribution in [0.1, 0.15) is 29.7 Å². The molecule has 4 heterocycles. The van der Waals surface area contributed by atoms with Gasteiger partial charge in [0.15, 0.2) is 0 Å². The molecule has 1 atom stereocenters. The summed E-state index contributed by atoms with van der Waals surface area (Å²) in [5.74, 6) is -0.321. The first-order valence-corrected chi connectivity index (χ1v) is 10.7. The zero-order chi connectivity index (χ0) is 21.3. The molecule has 0 bridgehead atoms. The number of hydrogen-bond donors (Lipinski definition) is 2. The standard InChI is InChI=1S/C20H25N5O4S/c1-28-18(26)9-13(21)19(27)25-5-3-20(4-6-25)12-8-16(30-15(12)2-7-29-20)14-10-24-17(22)11-23-14/h8,10-11,13H,2-7,9,21H2,1H3,(H2,22,24)/t13-/m0/s1. The Morgan fingerprint density at radius 2 is 2.10 bits per heavy atom. The second-order valence-electron chi connectivity index (χ2n) is 7.58. The summed E-state index contributed by atoms with van der Waals surface area (Å²) in [5, 5.41) is 0. The molecule has 1 spiro atoms. The lowest BCUT2D eigenvalue weighted by molar-refractivity contribution is -0.148. The van der Waals surface area contributed by atoms with E-state index < -0.39 is 17.6 Å². The third-order valence-corrected chi connectivity index (χ3v) is 6.96. The summed E-state index contributed by atoms with van der Waals surface area (Å²) in [4.78, 5) is 36.6. The van der Waals surface area contributed by atoms with Gasteiger partial charge in [0, 0.05) is 24.4 Å². The van der Waals surface area contributed by atoms with Gasteiger partial charge in [0.2, 0.25) is 5.91 Å². The van der Waals surface area contributed by atoms with Crippen molar-refractivity contribution in [2.75, 3.05) is 32.5 Å². The zero-order valence-corrected chi connectivity index (χ0v) is 17.6. The minimum atomic E-state index is -0.883. The number of esters is 1. The number of piperidine rings is 1. The fourth-order valence-corrected chi connectivity index (χ4v) is 5.29. The van der Waals surface area contributed by atoms with Gasteiger partial charge in [-0.3, -0.25) is 9.59 Å². The number of methoxy groups -OCH3 is 1. The fraction of sp³-hybridized carbons (Fsp3) is 0.500. The predicted octanol–water partition coefficient (Wildman–Crippen LogP) is 1.07. The van der Waals surface area contributed by atoms with Crippen LogP contribution in [-0.4, -0.2) is 59.6 Å². The molecule has 9 nitrogen and oxygen atoms in total. The van der Waals surface area contributed by atoms with E-state index >= 15 is 0 Å². The molecule has 4 N–H and O–H groups in total. The Hall–Kier alpha value is -2.56. The highest BCUT2D eigenvalue weighted by atomic mass is 32.1. The van der Waals surface area contributed by atoms with E-state index in [1.165, 1.54) is 17.6 Å². The average Bonchev–Trinajstić information content (AvgIpc) is 3.20. The summed E-state index contributed by atoms with van der Waals surface area (Å²) in [6.45, 7) is 1.70. The largest absolute Gasteiger partial charge is 0.469 e. The van der Waals surface area contributed by atoms with Crippen molar-refractivity contribution in [2.24, 2.45) is 5.73 Å². The summed E-state index contributed by atoms with van der Waals surface area (Å²) in [7, 11) is 1.28. The molecule has 0 unspecified atom stereocenters. The molecule has 160 valence electrons. The molecule has 30 heavy (non-hydrogen) atoms. The van der Waals surface area contributed by atoms with Crippen LogP contribution in [0.2, 0.25) is 0 Å². The monoisotopic (exact) mass is 431 g/mol. The maximum atomic E-state index is 12.6. The molecule has 1 amide bonds. The number of likely N-dealkylation sites (tertiary alicyclic amines) is 1. The lowest BCUT2D eigenvalue weighted by atomic mass is 9.82. The van der Waals surface area contributed by atoms with Crippen LogP contribution in [0, 0.1) is 0 Å². The van der Waals surface area contributed by atoms with Crippen LogP contribution in [0.15, 0.2) is 18.5 Å². The van der Waals surface area contributed by atoms with Crippen molar-refractivity contribution in [1.29, 1.82) is 0 Å². The summed E-state index contributed by atoms with van der Waals surface area (Å²) in [5.41, 5.74) is 13.1. The molecule has 2 aromatic rings. The highest BCUT2D eigenvalue weighted by molar-refractivity contribution is 7.15. The van der Waals surface area contributed by atoms with E-state index in [2.05, 4.69) is 20.8 Å². The van der Waals surface area contributed by atoms with E-state index in [4.69, 9.17) is 16.2 Å². The van der Waals surface area contributed by atoms with E-state index in [1.807, 2.05) is 0 Å². The molecule has 0 radical (unpaired) electrons. The van der Waals surface area contributed by atoms with Crippen molar-refractivity contribution in [3.63, 3.8) is 0 Å². The van der Waals surface area contributed by atoms with Gasteiger partial charge in [0.25, 0.3) is 0 Å². The second kappa shape index (κ2) is 8.29. The number of ether oxygens (including phenoxy) is 2. The highest BCUT2D eigenvalue weighted by Crippen LogP contribution is 2.46. The number of nitrogen functional groups attached to an aromatic ring is 1. The van der Waals surface area contributed by atoms with Crippen molar-refractivity contribution >= 4 is 29.0 Å². The number of thiophene rings is 1. The van der Waals surface area contributed by atoms with Gasteiger partial charge in [-0.2, -0.15) is 0 Å². The molecule has 2 aromatic heterocycles. The Kier molecular flexibility index (Phi) is 5.72. The molecule has 10 heteroatoms. The third-order valence-electron chi connectivity index (χ3n) is 5.75. The van der Waals surface area contributed by atoms with Crippen LogP contribution < -0.4 is 11.5 Å².